The molecule has 6 heavy (non-hydrogen) atoms. The minimum absolute atomic E-state index is 1.16. The Kier molecular flexibility index (Phi) is 2.34. The molecular weight excluding hydrogens is 86.0 g/mol. The quantitative estimate of drug-likeness (QED) is 0.399. The third kappa shape index (κ3) is 3.38. The molecule has 0 radical (unpaired) electrons. The molecule has 0 bridgehead atoms. The van der Waals surface area contributed by atoms with Gasteiger partial charge in [0.1, 0.15) is 0 Å². The van der Waals surface area contributed by atoms with E-state index in [9.17, 15) is 8.78 Å². The number of hydrogen-bond donors (Lipinski definition) is 0. The Morgan fingerprint density at radius 1 is 1.67 bits per heavy atom. The minimum Gasteiger partial charge on any atom is -0.164 e. The van der Waals surface area contributed by atoms with E-state index in [1.165, 1.54) is 6.92 Å². The lowest BCUT2D eigenvalue weighted by atomic mass is 10.7. The molecule has 0 atom stereocenters. The molecule has 34 valence electrons. The molecule has 0 aromatic rings. The van der Waals surface area contributed by atoms with Crippen molar-refractivity contribution < 1.29 is 8.78 Å². The van der Waals surface area contributed by atoms with Crippen molar-refractivity contribution in [2.75, 3.05) is 0 Å². The van der Waals surface area contributed by atoms with E-state index in [1.807, 2.05) is 0 Å². The van der Waals surface area contributed by atoms with Gasteiger partial charge < -0.3 is 0 Å². The first-order valence-corrected chi connectivity index (χ1v) is 1.49. The Labute approximate surface area is 34.8 Å². The molecule has 0 fully saturated rings. The zero-order valence-electron chi connectivity index (χ0n) is 3.33. The van der Waals surface area contributed by atoms with Crippen LogP contribution in [0.4, 0.5) is 8.78 Å². The van der Waals surface area contributed by atoms with Crippen molar-refractivity contribution in [1.29, 1.82) is 0 Å². The summed E-state index contributed by atoms with van der Waals surface area (Å²) in [6, 6.07) is 0. The minimum atomic E-state index is -1.77. The standard InChI is InChI=1S/C4H4F2/c1-2-3-4(5)6/h2H,1H3. The molecule has 0 aliphatic rings. The fourth-order valence-corrected chi connectivity index (χ4v) is 0.109. The van der Waals surface area contributed by atoms with Crippen LogP contribution in [0.25, 0.3) is 0 Å². The van der Waals surface area contributed by atoms with Crippen molar-refractivity contribution in [3.63, 3.8) is 0 Å². The van der Waals surface area contributed by atoms with Crippen molar-refractivity contribution in [2.24, 2.45) is 0 Å². The van der Waals surface area contributed by atoms with Gasteiger partial charge in [-0.2, -0.15) is 8.78 Å². The van der Waals surface area contributed by atoms with E-state index in [-0.39, 0.29) is 0 Å². The van der Waals surface area contributed by atoms with Gasteiger partial charge >= 0.3 is 6.08 Å². The normalized spacial score (nSPS) is 6.50. The van der Waals surface area contributed by atoms with Crippen LogP contribution in [0.15, 0.2) is 17.9 Å². The summed E-state index contributed by atoms with van der Waals surface area (Å²) in [6.07, 6.45) is -0.604. The fraction of sp³-hybridized carbons (Fsp3) is 0.250. The van der Waals surface area contributed by atoms with Gasteiger partial charge in [0.25, 0.3) is 0 Å². The van der Waals surface area contributed by atoms with Crippen LogP contribution in [0.5, 0.6) is 0 Å². The first-order chi connectivity index (χ1) is 2.77. The molecule has 0 heterocycles. The second kappa shape index (κ2) is 2.61. The van der Waals surface area contributed by atoms with Crippen LogP contribution in [-0.4, -0.2) is 0 Å². The average molecular weight is 90.1 g/mol. The molecule has 2 heteroatoms. The maximum absolute atomic E-state index is 10.8. The summed E-state index contributed by atoms with van der Waals surface area (Å²) in [7, 11) is 0. The number of halogens is 2. The Bertz CT molecular complexity index is 83.7. The Balaban J connectivity index is 3.73. The topological polar surface area (TPSA) is 0 Å². The lowest BCUT2D eigenvalue weighted by molar-refractivity contribution is 0.424. The Morgan fingerprint density at radius 2 is 2.17 bits per heavy atom. The number of rotatable bonds is 0. The lowest BCUT2D eigenvalue weighted by Crippen LogP contribution is -1.42. The maximum Gasteiger partial charge on any atom is 0.312 e. The summed E-state index contributed by atoms with van der Waals surface area (Å²) in [5.74, 6) is 0. The van der Waals surface area contributed by atoms with Crippen molar-refractivity contribution in [2.45, 2.75) is 6.92 Å². The van der Waals surface area contributed by atoms with Crippen molar-refractivity contribution >= 4 is 0 Å². The van der Waals surface area contributed by atoms with Gasteiger partial charge in [-0.05, 0) is 13.0 Å². The van der Waals surface area contributed by atoms with E-state index in [1.54, 1.807) is 5.73 Å². The highest BCUT2D eigenvalue weighted by Crippen LogP contribution is 1.90. The van der Waals surface area contributed by atoms with E-state index in [4.69, 9.17) is 0 Å². The molecule has 0 aliphatic carbocycles. The second-order valence-electron chi connectivity index (χ2n) is 0.693. The van der Waals surface area contributed by atoms with Crippen LogP contribution in [-0.2, 0) is 0 Å². The number of allylic oxidation sites excluding steroid dienone is 1. The van der Waals surface area contributed by atoms with Crippen molar-refractivity contribution in [3.05, 3.63) is 17.9 Å². The molecule has 0 unspecified atom stereocenters. The Morgan fingerprint density at radius 3 is 2.17 bits per heavy atom. The second-order valence-corrected chi connectivity index (χ2v) is 0.693. The molecule has 0 saturated carbocycles. The van der Waals surface area contributed by atoms with Crippen LogP contribution < -0.4 is 0 Å². The van der Waals surface area contributed by atoms with Gasteiger partial charge in [-0.15, -0.1) is 0 Å². The monoisotopic (exact) mass is 90.0 g/mol. The lowest BCUT2D eigenvalue weighted by Gasteiger charge is -1.59. The molecule has 0 aliphatic heterocycles. The smallest absolute Gasteiger partial charge is 0.164 e. The molecule has 0 N–H and O–H groups in total. The highest BCUT2D eigenvalue weighted by molar-refractivity contribution is 4.79. The van der Waals surface area contributed by atoms with Gasteiger partial charge in [0, 0.05) is 0 Å². The summed E-state index contributed by atoms with van der Waals surface area (Å²) >= 11 is 0. The molecule has 0 saturated heterocycles. The average Bonchev–Trinajstić information content (AvgIpc) is 1.35. The highest BCUT2D eigenvalue weighted by Gasteiger charge is 1.73. The summed E-state index contributed by atoms with van der Waals surface area (Å²) < 4.78 is 21.6. The van der Waals surface area contributed by atoms with Crippen molar-refractivity contribution in [3.8, 4) is 0 Å². The third-order valence-electron chi connectivity index (χ3n) is 0.253. The Hall–Kier alpha value is -0.620. The predicted molar refractivity (Wildman–Crippen MR) is 19.5 cm³/mol. The highest BCUT2D eigenvalue weighted by atomic mass is 19.3. The predicted octanol–water partition coefficient (Wildman–Crippen LogP) is 1.94. The van der Waals surface area contributed by atoms with Crippen LogP contribution in [0.3, 0.4) is 0 Å². The van der Waals surface area contributed by atoms with E-state index >= 15 is 0 Å². The summed E-state index contributed by atoms with van der Waals surface area (Å²) in [4.78, 5) is 0. The molecule has 0 amide bonds. The van der Waals surface area contributed by atoms with Gasteiger partial charge in [-0.25, -0.2) is 0 Å². The zero-order valence-corrected chi connectivity index (χ0v) is 3.33. The van der Waals surface area contributed by atoms with E-state index in [0.29, 0.717) is 0 Å². The summed E-state index contributed by atoms with van der Waals surface area (Å²) in [6.45, 7) is 1.49. The maximum atomic E-state index is 10.8. The first-order valence-electron chi connectivity index (χ1n) is 1.49. The van der Waals surface area contributed by atoms with E-state index < -0.39 is 6.08 Å². The van der Waals surface area contributed by atoms with Gasteiger partial charge in [0.15, 0.2) is 0 Å². The van der Waals surface area contributed by atoms with Crippen molar-refractivity contribution in [1.82, 2.24) is 0 Å². The van der Waals surface area contributed by atoms with Crippen LogP contribution in [0, 0.1) is 0 Å². The fourth-order valence-electron chi connectivity index (χ4n) is 0.109. The molecule has 0 spiro atoms. The van der Waals surface area contributed by atoms with Crippen LogP contribution in [0.2, 0.25) is 0 Å². The molecule has 0 aromatic carbocycles. The first kappa shape index (κ1) is 5.38. The third-order valence-corrected chi connectivity index (χ3v) is 0.253. The van der Waals surface area contributed by atoms with Gasteiger partial charge in [-0.3, -0.25) is 0 Å². The van der Waals surface area contributed by atoms with Gasteiger partial charge in [-0.1, -0.05) is 5.73 Å². The van der Waals surface area contributed by atoms with E-state index in [2.05, 4.69) is 0 Å². The SMILES string of the molecule is CC=C=C(F)F. The molecule has 0 nitrogen and oxygen atoms in total. The molecule has 0 rings (SSSR count). The van der Waals surface area contributed by atoms with Gasteiger partial charge in [0.05, 0.1) is 0 Å². The van der Waals surface area contributed by atoms with Gasteiger partial charge in [0.2, 0.25) is 0 Å². The zero-order chi connectivity index (χ0) is 4.99. The van der Waals surface area contributed by atoms with E-state index in [0.717, 1.165) is 6.08 Å². The molecular formula is C4H4F2. The number of hydrogen-bond acceptors (Lipinski definition) is 0. The summed E-state index contributed by atoms with van der Waals surface area (Å²) in [5, 5.41) is 0. The molecule has 0 aromatic heterocycles. The largest absolute Gasteiger partial charge is 0.312 e. The van der Waals surface area contributed by atoms with Crippen LogP contribution in [0.1, 0.15) is 6.92 Å². The summed E-state index contributed by atoms with van der Waals surface area (Å²) in [5.41, 5.74) is 1.67. The van der Waals surface area contributed by atoms with Crippen LogP contribution >= 0.6 is 0 Å².